The van der Waals surface area contributed by atoms with Crippen LogP contribution in [0, 0.1) is 0 Å². The van der Waals surface area contributed by atoms with Crippen molar-refractivity contribution in [1.29, 1.82) is 0 Å². The minimum atomic E-state index is 0.646. The lowest BCUT2D eigenvalue weighted by atomic mass is 10.1. The van der Waals surface area contributed by atoms with Crippen LogP contribution in [0.4, 0.5) is 0 Å². The van der Waals surface area contributed by atoms with E-state index in [0.29, 0.717) is 6.04 Å². The molecule has 0 saturated heterocycles. The Hall–Kier alpha value is -0.830. The number of fused-ring (bicyclic) bond motifs is 1. The maximum atomic E-state index is 4.05. The lowest BCUT2D eigenvalue weighted by Crippen LogP contribution is -2.35. The number of aromatic nitrogens is 2. The van der Waals surface area contributed by atoms with Crippen molar-refractivity contribution in [2.75, 3.05) is 6.54 Å². The van der Waals surface area contributed by atoms with E-state index in [0.717, 1.165) is 19.5 Å². The lowest BCUT2D eigenvalue weighted by Gasteiger charge is -2.29. The van der Waals surface area contributed by atoms with Gasteiger partial charge >= 0.3 is 0 Å². The molecule has 2 rings (SSSR count). The molecule has 0 aliphatic carbocycles. The second-order valence-corrected chi connectivity index (χ2v) is 3.69. The summed E-state index contributed by atoms with van der Waals surface area (Å²) in [6.45, 7) is 6.70. The van der Waals surface area contributed by atoms with Crippen LogP contribution in [0.1, 0.15) is 25.1 Å². The van der Waals surface area contributed by atoms with E-state index in [1.165, 1.54) is 11.3 Å². The van der Waals surface area contributed by atoms with Gasteiger partial charge in [-0.3, -0.25) is 10.00 Å². The number of nitrogens with one attached hydrogen (secondary N) is 1. The van der Waals surface area contributed by atoms with Crippen molar-refractivity contribution in [3.8, 4) is 0 Å². The van der Waals surface area contributed by atoms with Crippen molar-refractivity contribution >= 4 is 0 Å². The molecule has 3 heteroatoms. The Morgan fingerprint density at radius 2 is 2.42 bits per heavy atom. The Bertz CT molecular complexity index is 264. The Labute approximate surface area is 72.8 Å². The topological polar surface area (TPSA) is 31.9 Å². The van der Waals surface area contributed by atoms with Gasteiger partial charge in [-0.05, 0) is 13.8 Å². The molecular formula is C9H15N3. The van der Waals surface area contributed by atoms with E-state index in [4.69, 9.17) is 0 Å². The minimum Gasteiger partial charge on any atom is -0.296 e. The van der Waals surface area contributed by atoms with Crippen LogP contribution in [-0.2, 0) is 13.0 Å². The maximum absolute atomic E-state index is 4.05. The van der Waals surface area contributed by atoms with Crippen molar-refractivity contribution in [2.24, 2.45) is 0 Å². The van der Waals surface area contributed by atoms with Crippen LogP contribution >= 0.6 is 0 Å². The molecule has 0 fully saturated rings. The highest BCUT2D eigenvalue weighted by Crippen LogP contribution is 2.17. The number of hydrogen-bond acceptors (Lipinski definition) is 2. The first-order valence-corrected chi connectivity index (χ1v) is 4.52. The predicted molar refractivity (Wildman–Crippen MR) is 47.8 cm³/mol. The van der Waals surface area contributed by atoms with Crippen LogP contribution in [0.2, 0.25) is 0 Å². The van der Waals surface area contributed by atoms with Gasteiger partial charge < -0.3 is 0 Å². The zero-order valence-corrected chi connectivity index (χ0v) is 7.67. The molecule has 0 atom stereocenters. The van der Waals surface area contributed by atoms with E-state index in [-0.39, 0.29) is 0 Å². The summed E-state index contributed by atoms with van der Waals surface area (Å²) in [5.74, 6) is 0. The molecule has 3 nitrogen and oxygen atoms in total. The first-order chi connectivity index (χ1) is 5.77. The Kier molecular flexibility index (Phi) is 1.89. The predicted octanol–water partition coefficient (Wildman–Crippen LogP) is 1.18. The van der Waals surface area contributed by atoms with E-state index < -0.39 is 0 Å². The third-order valence-electron chi connectivity index (χ3n) is 2.56. The number of nitrogens with zero attached hydrogens (tertiary/aromatic N) is 2. The number of hydrogen-bond donors (Lipinski definition) is 1. The van der Waals surface area contributed by atoms with Crippen LogP contribution in [-0.4, -0.2) is 27.7 Å². The lowest BCUT2D eigenvalue weighted by molar-refractivity contribution is 0.203. The summed E-state index contributed by atoms with van der Waals surface area (Å²) in [7, 11) is 0. The summed E-state index contributed by atoms with van der Waals surface area (Å²) in [5, 5.41) is 7.09. The van der Waals surface area contributed by atoms with Crippen molar-refractivity contribution in [1.82, 2.24) is 15.1 Å². The zero-order chi connectivity index (χ0) is 8.55. The Balaban J connectivity index is 2.15. The number of aromatic amines is 1. The number of rotatable bonds is 1. The summed E-state index contributed by atoms with van der Waals surface area (Å²) >= 11 is 0. The molecule has 66 valence electrons. The van der Waals surface area contributed by atoms with Gasteiger partial charge in [0.1, 0.15) is 0 Å². The summed E-state index contributed by atoms with van der Waals surface area (Å²) < 4.78 is 0. The van der Waals surface area contributed by atoms with Crippen molar-refractivity contribution < 1.29 is 0 Å². The molecule has 1 N–H and O–H groups in total. The second-order valence-electron chi connectivity index (χ2n) is 3.69. The summed E-state index contributed by atoms with van der Waals surface area (Å²) in [6, 6.07) is 0.646. The molecule has 0 aromatic carbocycles. The second kappa shape index (κ2) is 2.90. The Morgan fingerprint density at radius 3 is 3.17 bits per heavy atom. The maximum Gasteiger partial charge on any atom is 0.0535 e. The highest BCUT2D eigenvalue weighted by Gasteiger charge is 2.18. The minimum absolute atomic E-state index is 0.646. The van der Waals surface area contributed by atoms with Gasteiger partial charge in [0.2, 0.25) is 0 Å². The fraction of sp³-hybridized carbons (Fsp3) is 0.667. The van der Waals surface area contributed by atoms with Crippen LogP contribution in [0.5, 0.6) is 0 Å². The normalized spacial score (nSPS) is 18.2. The average Bonchev–Trinajstić information content (AvgIpc) is 2.49. The fourth-order valence-corrected chi connectivity index (χ4v) is 1.68. The SMILES string of the molecule is CC(C)N1CCc2[nH]ncc2C1. The highest BCUT2D eigenvalue weighted by atomic mass is 15.2. The third kappa shape index (κ3) is 1.25. The largest absolute Gasteiger partial charge is 0.296 e. The van der Waals surface area contributed by atoms with Crippen LogP contribution in [0.25, 0.3) is 0 Å². The molecule has 2 heterocycles. The molecule has 1 aliphatic heterocycles. The number of H-pyrrole nitrogens is 1. The van der Waals surface area contributed by atoms with Crippen LogP contribution < -0.4 is 0 Å². The van der Waals surface area contributed by atoms with Crippen molar-refractivity contribution in [3.05, 3.63) is 17.5 Å². The van der Waals surface area contributed by atoms with E-state index in [9.17, 15) is 0 Å². The summed E-state index contributed by atoms with van der Waals surface area (Å²) in [6.07, 6.45) is 3.07. The quantitative estimate of drug-likeness (QED) is 0.677. The van der Waals surface area contributed by atoms with E-state index in [1.54, 1.807) is 0 Å². The van der Waals surface area contributed by atoms with E-state index in [2.05, 4.69) is 28.9 Å². The van der Waals surface area contributed by atoms with Gasteiger partial charge in [0.25, 0.3) is 0 Å². The van der Waals surface area contributed by atoms with Crippen molar-refractivity contribution in [3.63, 3.8) is 0 Å². The highest BCUT2D eigenvalue weighted by molar-refractivity contribution is 5.19. The molecule has 0 bridgehead atoms. The molecule has 12 heavy (non-hydrogen) atoms. The summed E-state index contributed by atoms with van der Waals surface area (Å²) in [5.41, 5.74) is 2.70. The van der Waals surface area contributed by atoms with Gasteiger partial charge in [-0.25, -0.2) is 0 Å². The molecular weight excluding hydrogens is 150 g/mol. The molecule has 0 saturated carbocycles. The molecule has 1 aliphatic rings. The van der Waals surface area contributed by atoms with Crippen molar-refractivity contribution in [2.45, 2.75) is 32.9 Å². The molecule has 1 aromatic rings. The molecule has 1 aromatic heterocycles. The molecule has 0 spiro atoms. The first kappa shape index (κ1) is 7.80. The van der Waals surface area contributed by atoms with Crippen LogP contribution in [0.15, 0.2) is 6.20 Å². The van der Waals surface area contributed by atoms with Gasteiger partial charge in [0.15, 0.2) is 0 Å². The Morgan fingerprint density at radius 1 is 1.58 bits per heavy atom. The van der Waals surface area contributed by atoms with Gasteiger partial charge in [0, 0.05) is 36.8 Å². The first-order valence-electron chi connectivity index (χ1n) is 4.52. The van der Waals surface area contributed by atoms with Crippen LogP contribution in [0.3, 0.4) is 0 Å². The smallest absolute Gasteiger partial charge is 0.0535 e. The fourth-order valence-electron chi connectivity index (χ4n) is 1.68. The monoisotopic (exact) mass is 165 g/mol. The van der Waals surface area contributed by atoms with Gasteiger partial charge in [-0.15, -0.1) is 0 Å². The standard InChI is InChI=1S/C9H15N3/c1-7(2)12-4-3-9-8(6-12)5-10-11-9/h5,7H,3-4,6H2,1-2H3,(H,10,11). The molecule has 0 amide bonds. The van der Waals surface area contributed by atoms with Gasteiger partial charge in [0.05, 0.1) is 6.20 Å². The van der Waals surface area contributed by atoms with Gasteiger partial charge in [-0.1, -0.05) is 0 Å². The third-order valence-corrected chi connectivity index (χ3v) is 2.56. The average molecular weight is 165 g/mol. The van der Waals surface area contributed by atoms with Gasteiger partial charge in [-0.2, -0.15) is 5.10 Å². The van der Waals surface area contributed by atoms with E-state index >= 15 is 0 Å². The molecule has 0 radical (unpaired) electrons. The van der Waals surface area contributed by atoms with E-state index in [1.807, 2.05) is 6.20 Å². The zero-order valence-electron chi connectivity index (χ0n) is 7.67. The summed E-state index contributed by atoms with van der Waals surface area (Å²) in [4.78, 5) is 2.47. The molecule has 0 unspecified atom stereocenters.